The van der Waals surface area contributed by atoms with Gasteiger partial charge in [0.05, 0.1) is 26.4 Å². The lowest BCUT2D eigenvalue weighted by Gasteiger charge is -2.35. The van der Waals surface area contributed by atoms with Crippen LogP contribution in [0.3, 0.4) is 0 Å². The van der Waals surface area contributed by atoms with Crippen molar-refractivity contribution in [2.45, 2.75) is 18.9 Å². The van der Waals surface area contributed by atoms with Crippen LogP contribution in [0.5, 0.6) is 5.75 Å². The van der Waals surface area contributed by atoms with Crippen LogP contribution in [0.25, 0.3) is 0 Å². The molecule has 1 fully saturated rings. The molecule has 1 atom stereocenters. The van der Waals surface area contributed by atoms with Gasteiger partial charge in [0.2, 0.25) is 0 Å². The number of carbonyl (C=O) groups is 1. The van der Waals surface area contributed by atoms with Crippen LogP contribution in [0.15, 0.2) is 78.9 Å². The van der Waals surface area contributed by atoms with Crippen LogP contribution in [0.1, 0.15) is 33.1 Å². The number of ether oxygens (including phenoxy) is 2. The monoisotopic (exact) mass is 444 g/mol. The Bertz CT molecular complexity index is 1010. The lowest BCUT2D eigenvalue weighted by Crippen LogP contribution is -2.43. The summed E-state index contributed by atoms with van der Waals surface area (Å²) in [6, 6.07) is 26.5. The summed E-state index contributed by atoms with van der Waals surface area (Å²) in [7, 11) is 1.67. The van der Waals surface area contributed by atoms with Crippen molar-refractivity contribution < 1.29 is 14.3 Å². The highest BCUT2D eigenvalue weighted by Gasteiger charge is 2.24. The summed E-state index contributed by atoms with van der Waals surface area (Å²) in [5.74, 6) is 0.807. The maximum atomic E-state index is 13.2. The molecule has 1 aliphatic rings. The molecule has 0 aromatic heterocycles. The number of nitrogens with zero attached hydrogens (tertiary/aromatic N) is 1. The molecule has 0 radical (unpaired) electrons. The Labute approximate surface area is 196 Å². The Kier molecular flexibility index (Phi) is 8.12. The number of amides is 1. The molecule has 1 heterocycles. The van der Waals surface area contributed by atoms with Gasteiger partial charge in [0.1, 0.15) is 5.75 Å². The van der Waals surface area contributed by atoms with Crippen molar-refractivity contribution in [1.82, 2.24) is 10.2 Å². The number of morpholine rings is 1. The minimum atomic E-state index is -0.0227. The van der Waals surface area contributed by atoms with Crippen LogP contribution >= 0.6 is 0 Å². The second kappa shape index (κ2) is 11.6. The van der Waals surface area contributed by atoms with E-state index in [0.717, 1.165) is 48.4 Å². The van der Waals surface area contributed by atoms with E-state index >= 15 is 0 Å². The van der Waals surface area contributed by atoms with Gasteiger partial charge in [-0.3, -0.25) is 9.69 Å². The predicted octanol–water partition coefficient (Wildman–Crippen LogP) is 4.28. The molecule has 1 N–H and O–H groups in total. The highest BCUT2D eigenvalue weighted by molar-refractivity contribution is 5.95. The van der Waals surface area contributed by atoms with Gasteiger partial charge < -0.3 is 14.8 Å². The van der Waals surface area contributed by atoms with Gasteiger partial charge in [0.15, 0.2) is 0 Å². The molecule has 33 heavy (non-hydrogen) atoms. The van der Waals surface area contributed by atoms with E-state index in [-0.39, 0.29) is 11.9 Å². The number of aryl methyl sites for hydroxylation is 2. The van der Waals surface area contributed by atoms with E-state index in [1.54, 1.807) is 7.11 Å². The van der Waals surface area contributed by atoms with E-state index in [4.69, 9.17) is 9.47 Å². The highest BCUT2D eigenvalue weighted by Crippen LogP contribution is 2.24. The van der Waals surface area contributed by atoms with E-state index in [0.29, 0.717) is 19.8 Å². The predicted molar refractivity (Wildman–Crippen MR) is 131 cm³/mol. The molecule has 172 valence electrons. The molecular weight excluding hydrogens is 412 g/mol. The summed E-state index contributed by atoms with van der Waals surface area (Å²) in [5, 5.41) is 3.21. The fraction of sp³-hybridized carbons (Fsp3) is 0.321. The minimum Gasteiger partial charge on any atom is -0.497 e. The van der Waals surface area contributed by atoms with E-state index in [9.17, 15) is 4.79 Å². The molecule has 0 aliphatic carbocycles. The molecule has 3 aromatic carbocycles. The molecule has 0 spiro atoms. The lowest BCUT2D eigenvalue weighted by molar-refractivity contribution is 0.0162. The van der Waals surface area contributed by atoms with Gasteiger partial charge in [-0.05, 0) is 47.7 Å². The molecule has 4 rings (SSSR count). The molecule has 5 heteroatoms. The molecule has 0 bridgehead atoms. The van der Waals surface area contributed by atoms with Crippen molar-refractivity contribution in [1.29, 1.82) is 0 Å². The quantitative estimate of drug-likeness (QED) is 0.535. The minimum absolute atomic E-state index is 0.0227. The first-order valence-corrected chi connectivity index (χ1v) is 11.6. The van der Waals surface area contributed by atoms with Crippen molar-refractivity contribution in [2.24, 2.45) is 0 Å². The Hall–Kier alpha value is -3.15. The van der Waals surface area contributed by atoms with Gasteiger partial charge >= 0.3 is 0 Å². The second-order valence-corrected chi connectivity index (χ2v) is 8.29. The Morgan fingerprint density at radius 1 is 0.939 bits per heavy atom. The fourth-order valence-corrected chi connectivity index (χ4v) is 4.34. The second-order valence-electron chi connectivity index (χ2n) is 8.29. The Morgan fingerprint density at radius 3 is 2.36 bits per heavy atom. The topological polar surface area (TPSA) is 50.8 Å². The van der Waals surface area contributed by atoms with Crippen LogP contribution < -0.4 is 10.1 Å². The van der Waals surface area contributed by atoms with E-state index in [1.165, 1.54) is 5.56 Å². The van der Waals surface area contributed by atoms with Gasteiger partial charge in [0.25, 0.3) is 5.91 Å². The number of methoxy groups -OCH3 is 1. The van der Waals surface area contributed by atoms with E-state index in [2.05, 4.69) is 52.7 Å². The third-order valence-corrected chi connectivity index (χ3v) is 6.23. The summed E-state index contributed by atoms with van der Waals surface area (Å²) in [4.78, 5) is 15.6. The third-order valence-electron chi connectivity index (χ3n) is 6.23. The first-order chi connectivity index (χ1) is 16.2. The van der Waals surface area contributed by atoms with Gasteiger partial charge in [-0.25, -0.2) is 0 Å². The van der Waals surface area contributed by atoms with Crippen LogP contribution in [0.4, 0.5) is 0 Å². The zero-order chi connectivity index (χ0) is 22.9. The number of nitrogens with one attached hydrogen (secondary N) is 1. The number of benzene rings is 3. The Balaban J connectivity index is 1.45. The largest absolute Gasteiger partial charge is 0.497 e. The average Bonchev–Trinajstić information content (AvgIpc) is 2.89. The SMILES string of the molecule is COc1ccc(C(CNC(=O)c2ccccc2CCc2ccccc2)N2CCOCC2)cc1. The van der Waals surface area contributed by atoms with Gasteiger partial charge in [-0.2, -0.15) is 0 Å². The number of hydrogen-bond donors (Lipinski definition) is 1. The van der Waals surface area contributed by atoms with Crippen LogP contribution in [0, 0.1) is 0 Å². The Morgan fingerprint density at radius 2 is 1.64 bits per heavy atom. The number of rotatable bonds is 9. The van der Waals surface area contributed by atoms with Crippen molar-refractivity contribution in [3.8, 4) is 5.75 Å². The first-order valence-electron chi connectivity index (χ1n) is 11.6. The first kappa shape index (κ1) is 23.0. The summed E-state index contributed by atoms with van der Waals surface area (Å²) in [6.07, 6.45) is 1.74. The zero-order valence-electron chi connectivity index (χ0n) is 19.2. The molecule has 0 saturated carbocycles. The molecule has 1 amide bonds. The summed E-state index contributed by atoms with van der Waals surface area (Å²) < 4.78 is 10.9. The average molecular weight is 445 g/mol. The molecule has 1 aliphatic heterocycles. The maximum Gasteiger partial charge on any atom is 0.251 e. The zero-order valence-corrected chi connectivity index (χ0v) is 19.2. The van der Waals surface area contributed by atoms with Gasteiger partial charge in [-0.1, -0.05) is 60.7 Å². The molecule has 3 aromatic rings. The molecular formula is C28H32N2O3. The van der Waals surface area contributed by atoms with Crippen LogP contribution in [-0.2, 0) is 17.6 Å². The summed E-state index contributed by atoms with van der Waals surface area (Å²) in [5.41, 5.74) is 4.27. The molecule has 5 nitrogen and oxygen atoms in total. The smallest absolute Gasteiger partial charge is 0.251 e. The summed E-state index contributed by atoms with van der Waals surface area (Å²) in [6.45, 7) is 3.66. The van der Waals surface area contributed by atoms with Crippen LogP contribution in [0.2, 0.25) is 0 Å². The maximum absolute atomic E-state index is 13.2. The van der Waals surface area contributed by atoms with Gasteiger partial charge in [-0.15, -0.1) is 0 Å². The van der Waals surface area contributed by atoms with Crippen molar-refractivity contribution in [2.75, 3.05) is 40.0 Å². The third kappa shape index (κ3) is 6.21. The highest BCUT2D eigenvalue weighted by atomic mass is 16.5. The van der Waals surface area contributed by atoms with Crippen LogP contribution in [-0.4, -0.2) is 50.8 Å². The number of hydrogen-bond acceptors (Lipinski definition) is 4. The number of carbonyl (C=O) groups excluding carboxylic acids is 1. The van der Waals surface area contributed by atoms with E-state index < -0.39 is 0 Å². The molecule has 1 saturated heterocycles. The normalized spacial score (nSPS) is 15.1. The lowest BCUT2D eigenvalue weighted by atomic mass is 9.99. The van der Waals surface area contributed by atoms with Crippen molar-refractivity contribution >= 4 is 5.91 Å². The molecule has 1 unspecified atom stereocenters. The fourth-order valence-electron chi connectivity index (χ4n) is 4.34. The summed E-state index contributed by atoms with van der Waals surface area (Å²) >= 11 is 0. The standard InChI is InChI=1S/C28H32N2O3/c1-32-25-15-13-24(14-16-25)27(30-17-19-33-20-18-30)21-29-28(31)26-10-6-5-9-23(26)12-11-22-7-3-2-4-8-22/h2-10,13-16,27H,11-12,17-21H2,1H3,(H,29,31). The van der Waals surface area contributed by atoms with Gasteiger partial charge in [0, 0.05) is 25.2 Å². The van der Waals surface area contributed by atoms with E-state index in [1.807, 2.05) is 36.4 Å². The van der Waals surface area contributed by atoms with Crippen molar-refractivity contribution in [3.63, 3.8) is 0 Å². The van der Waals surface area contributed by atoms with Crippen molar-refractivity contribution in [3.05, 3.63) is 101 Å².